The minimum atomic E-state index is -1.84. The number of esters is 1. The van der Waals surface area contributed by atoms with Crippen LogP contribution in [0.25, 0.3) is 0 Å². The SMILES string of the molecule is CCCCOC(=O)C(O)C(=O)/C=C\C=O. The van der Waals surface area contributed by atoms with E-state index in [4.69, 9.17) is 5.11 Å². The van der Waals surface area contributed by atoms with Crippen LogP contribution in [0, 0.1) is 0 Å². The Kier molecular flexibility index (Phi) is 7.09. The Morgan fingerprint density at radius 2 is 2.13 bits per heavy atom. The number of ether oxygens (including phenoxy) is 1. The first-order chi connectivity index (χ1) is 7.13. The van der Waals surface area contributed by atoms with Crippen LogP contribution in [0.4, 0.5) is 0 Å². The molecule has 5 nitrogen and oxygen atoms in total. The standard InChI is InChI=1S/C10H14O5/c1-2-3-7-15-10(14)9(13)8(12)5-4-6-11/h4-6,9,13H,2-3,7H2,1H3/b5-4-. The molecule has 0 aromatic rings. The highest BCUT2D eigenvalue weighted by Crippen LogP contribution is 1.95. The topological polar surface area (TPSA) is 80.7 Å². The molecule has 0 rings (SSSR count). The van der Waals surface area contributed by atoms with Crippen LogP contribution >= 0.6 is 0 Å². The summed E-state index contributed by atoms with van der Waals surface area (Å²) in [6.07, 6.45) is 1.81. The first-order valence-electron chi connectivity index (χ1n) is 4.63. The molecule has 0 aliphatic carbocycles. The van der Waals surface area contributed by atoms with Crippen molar-refractivity contribution in [2.24, 2.45) is 0 Å². The minimum absolute atomic E-state index is 0.178. The van der Waals surface area contributed by atoms with Crippen LogP contribution in [-0.2, 0) is 19.1 Å². The summed E-state index contributed by atoms with van der Waals surface area (Å²) in [5.74, 6) is -1.84. The van der Waals surface area contributed by atoms with Crippen LogP contribution in [0.3, 0.4) is 0 Å². The summed E-state index contributed by atoms with van der Waals surface area (Å²) >= 11 is 0. The predicted octanol–water partition coefficient (Wildman–Crippen LogP) is 0.0148. The molecule has 0 aliphatic heterocycles. The van der Waals surface area contributed by atoms with E-state index >= 15 is 0 Å². The van der Waals surface area contributed by atoms with E-state index in [2.05, 4.69) is 4.74 Å². The second-order valence-electron chi connectivity index (χ2n) is 2.82. The van der Waals surface area contributed by atoms with E-state index in [0.29, 0.717) is 12.7 Å². The Hall–Kier alpha value is -1.49. The van der Waals surface area contributed by atoms with Crippen molar-refractivity contribution in [2.75, 3.05) is 6.61 Å². The van der Waals surface area contributed by atoms with E-state index < -0.39 is 17.9 Å². The van der Waals surface area contributed by atoms with Crippen molar-refractivity contribution in [3.63, 3.8) is 0 Å². The summed E-state index contributed by atoms with van der Waals surface area (Å²) in [4.78, 5) is 31.9. The van der Waals surface area contributed by atoms with Gasteiger partial charge in [0.1, 0.15) is 6.29 Å². The molecular weight excluding hydrogens is 200 g/mol. The molecule has 0 aliphatic rings. The van der Waals surface area contributed by atoms with E-state index in [0.717, 1.165) is 18.6 Å². The molecule has 0 bridgehead atoms. The number of allylic oxidation sites excluding steroid dienone is 1. The molecule has 1 atom stereocenters. The second kappa shape index (κ2) is 7.87. The van der Waals surface area contributed by atoms with Gasteiger partial charge in [0.2, 0.25) is 6.10 Å². The van der Waals surface area contributed by atoms with Gasteiger partial charge in [-0.1, -0.05) is 13.3 Å². The molecule has 0 heterocycles. The van der Waals surface area contributed by atoms with Gasteiger partial charge in [0.25, 0.3) is 0 Å². The van der Waals surface area contributed by atoms with Gasteiger partial charge in [-0.2, -0.15) is 0 Å². The molecule has 84 valence electrons. The fraction of sp³-hybridized carbons (Fsp3) is 0.500. The van der Waals surface area contributed by atoms with Crippen molar-refractivity contribution >= 4 is 18.0 Å². The minimum Gasteiger partial charge on any atom is -0.463 e. The van der Waals surface area contributed by atoms with Crippen molar-refractivity contribution in [3.8, 4) is 0 Å². The van der Waals surface area contributed by atoms with Gasteiger partial charge in [-0.25, -0.2) is 4.79 Å². The fourth-order valence-electron chi connectivity index (χ4n) is 0.737. The fourth-order valence-corrected chi connectivity index (χ4v) is 0.737. The maximum absolute atomic E-state index is 11.0. The Morgan fingerprint density at radius 3 is 2.67 bits per heavy atom. The van der Waals surface area contributed by atoms with Crippen LogP contribution in [0.5, 0.6) is 0 Å². The number of hydrogen-bond donors (Lipinski definition) is 1. The van der Waals surface area contributed by atoms with Gasteiger partial charge in [0.15, 0.2) is 5.78 Å². The lowest BCUT2D eigenvalue weighted by molar-refractivity contribution is -0.156. The number of hydrogen-bond acceptors (Lipinski definition) is 5. The lowest BCUT2D eigenvalue weighted by Gasteiger charge is -2.06. The summed E-state index contributed by atoms with van der Waals surface area (Å²) in [6.45, 7) is 2.10. The summed E-state index contributed by atoms with van der Waals surface area (Å²) in [5.41, 5.74) is 0. The Bertz CT molecular complexity index is 257. The van der Waals surface area contributed by atoms with Crippen molar-refractivity contribution in [1.82, 2.24) is 0 Å². The molecule has 5 heteroatoms. The third kappa shape index (κ3) is 5.74. The molecule has 0 amide bonds. The molecule has 0 radical (unpaired) electrons. The van der Waals surface area contributed by atoms with Gasteiger partial charge in [-0.05, 0) is 18.6 Å². The Balaban J connectivity index is 4.02. The van der Waals surface area contributed by atoms with E-state index in [1.807, 2.05) is 6.92 Å². The molecule has 1 N–H and O–H groups in total. The molecule has 1 unspecified atom stereocenters. The van der Waals surface area contributed by atoms with Gasteiger partial charge in [-0.15, -0.1) is 0 Å². The van der Waals surface area contributed by atoms with E-state index in [-0.39, 0.29) is 6.61 Å². The number of aliphatic hydroxyl groups excluding tert-OH is 1. The maximum Gasteiger partial charge on any atom is 0.343 e. The summed E-state index contributed by atoms with van der Waals surface area (Å²) in [5, 5.41) is 9.12. The molecule has 0 fully saturated rings. The van der Waals surface area contributed by atoms with Crippen molar-refractivity contribution in [2.45, 2.75) is 25.9 Å². The van der Waals surface area contributed by atoms with Gasteiger partial charge < -0.3 is 9.84 Å². The van der Waals surface area contributed by atoms with E-state index in [1.54, 1.807) is 0 Å². The van der Waals surface area contributed by atoms with Gasteiger partial charge in [0, 0.05) is 0 Å². The Labute approximate surface area is 87.7 Å². The number of aliphatic hydroxyl groups is 1. The number of unbranched alkanes of at least 4 members (excludes halogenated alkanes) is 1. The monoisotopic (exact) mass is 214 g/mol. The second-order valence-corrected chi connectivity index (χ2v) is 2.82. The number of ketones is 1. The number of aldehydes is 1. The average molecular weight is 214 g/mol. The quantitative estimate of drug-likeness (QED) is 0.212. The molecule has 0 saturated heterocycles. The first-order valence-corrected chi connectivity index (χ1v) is 4.63. The molecule has 0 aromatic heterocycles. The van der Waals surface area contributed by atoms with Crippen molar-refractivity contribution in [1.29, 1.82) is 0 Å². The Morgan fingerprint density at radius 1 is 1.47 bits per heavy atom. The normalized spacial score (nSPS) is 12.4. The van der Waals surface area contributed by atoms with Crippen LogP contribution < -0.4 is 0 Å². The summed E-state index contributed by atoms with van der Waals surface area (Å²) < 4.78 is 4.61. The molecule has 0 aromatic carbocycles. The molecule has 0 saturated carbocycles. The zero-order chi connectivity index (χ0) is 11.7. The predicted molar refractivity (Wildman–Crippen MR) is 52.1 cm³/mol. The molecule has 15 heavy (non-hydrogen) atoms. The largest absolute Gasteiger partial charge is 0.463 e. The molecule has 0 spiro atoms. The number of carbonyl (C=O) groups excluding carboxylic acids is 3. The van der Waals surface area contributed by atoms with Crippen LogP contribution in [0.15, 0.2) is 12.2 Å². The smallest absolute Gasteiger partial charge is 0.343 e. The van der Waals surface area contributed by atoms with Crippen LogP contribution in [0.1, 0.15) is 19.8 Å². The highest BCUT2D eigenvalue weighted by Gasteiger charge is 2.22. The van der Waals surface area contributed by atoms with Crippen LogP contribution in [0.2, 0.25) is 0 Å². The van der Waals surface area contributed by atoms with Gasteiger partial charge in [-0.3, -0.25) is 9.59 Å². The molecular formula is C10H14O5. The maximum atomic E-state index is 11.0. The highest BCUT2D eigenvalue weighted by molar-refractivity contribution is 6.08. The third-order valence-electron chi connectivity index (χ3n) is 1.57. The summed E-state index contributed by atoms with van der Waals surface area (Å²) in [7, 11) is 0. The van der Waals surface area contributed by atoms with Crippen molar-refractivity contribution in [3.05, 3.63) is 12.2 Å². The van der Waals surface area contributed by atoms with Gasteiger partial charge >= 0.3 is 5.97 Å². The zero-order valence-corrected chi connectivity index (χ0v) is 8.51. The van der Waals surface area contributed by atoms with E-state index in [1.165, 1.54) is 0 Å². The van der Waals surface area contributed by atoms with Gasteiger partial charge in [0.05, 0.1) is 6.61 Å². The lowest BCUT2D eigenvalue weighted by Crippen LogP contribution is -2.30. The zero-order valence-electron chi connectivity index (χ0n) is 8.51. The van der Waals surface area contributed by atoms with Crippen LogP contribution in [-0.4, -0.2) is 35.9 Å². The highest BCUT2D eigenvalue weighted by atomic mass is 16.5. The lowest BCUT2D eigenvalue weighted by atomic mass is 10.2. The van der Waals surface area contributed by atoms with E-state index in [9.17, 15) is 14.4 Å². The average Bonchev–Trinajstić information content (AvgIpc) is 2.24. The number of rotatable bonds is 7. The third-order valence-corrected chi connectivity index (χ3v) is 1.57. The number of carbonyl (C=O) groups is 3. The first kappa shape index (κ1) is 13.5. The summed E-state index contributed by atoms with van der Waals surface area (Å²) in [6, 6.07) is 0. The van der Waals surface area contributed by atoms with Crippen molar-refractivity contribution < 1.29 is 24.2 Å².